The van der Waals surface area contributed by atoms with Gasteiger partial charge in [0.1, 0.15) is 6.10 Å². The van der Waals surface area contributed by atoms with Crippen molar-refractivity contribution in [3.05, 3.63) is 53.8 Å². The van der Waals surface area contributed by atoms with Gasteiger partial charge in [-0.2, -0.15) is 4.98 Å². The highest BCUT2D eigenvalue weighted by Gasteiger charge is 2.35. The Bertz CT molecular complexity index is 897. The largest absolute Gasteiger partial charge is 0.384 e. The van der Waals surface area contributed by atoms with Crippen molar-refractivity contribution < 1.29 is 18.9 Å². The summed E-state index contributed by atoms with van der Waals surface area (Å²) in [7, 11) is 0. The molecule has 8 heteroatoms. The Morgan fingerprint density at radius 1 is 1.23 bits per heavy atom. The van der Waals surface area contributed by atoms with Gasteiger partial charge in [0.05, 0.1) is 0 Å². The molecule has 2 aromatic heterocycles. The molecule has 8 nitrogen and oxygen atoms in total. The number of aliphatic hydroxyl groups is 1. The van der Waals surface area contributed by atoms with E-state index in [9.17, 15) is 9.90 Å². The lowest BCUT2D eigenvalue weighted by Gasteiger charge is -2.33. The minimum atomic E-state index is -0.780. The Labute approximate surface area is 149 Å². The number of rotatable bonds is 5. The molecule has 0 bridgehead atoms. The number of hydrogen-bond donors (Lipinski definition) is 2. The number of nitrogens with zero attached hydrogens (tertiary/aromatic N) is 3. The standard InChI is InChI=1S/C18H18N4O4/c1-10(23)18-20-16(22-26-18)12-7-13(8-12)19-17(24)14-9-15(25-21-14)11-5-3-2-4-6-11/h2-6,9-10,12-13,23H,7-8H2,1H3,(H,19,24). The number of nitrogens with one attached hydrogen (secondary N) is 1. The molecule has 0 radical (unpaired) electrons. The van der Waals surface area contributed by atoms with Gasteiger partial charge in [0.15, 0.2) is 17.3 Å². The molecule has 26 heavy (non-hydrogen) atoms. The van der Waals surface area contributed by atoms with Crippen molar-refractivity contribution in [3.8, 4) is 11.3 Å². The van der Waals surface area contributed by atoms with Crippen LogP contribution in [0.25, 0.3) is 11.3 Å². The SMILES string of the molecule is CC(O)c1nc(C2CC(NC(=O)c3cc(-c4ccccc4)on3)C2)no1. The zero-order chi connectivity index (χ0) is 18.1. The molecule has 1 unspecified atom stereocenters. The van der Waals surface area contributed by atoms with Gasteiger partial charge in [-0.25, -0.2) is 0 Å². The van der Waals surface area contributed by atoms with Gasteiger partial charge in [-0.05, 0) is 19.8 Å². The zero-order valence-corrected chi connectivity index (χ0v) is 14.1. The van der Waals surface area contributed by atoms with E-state index in [1.165, 1.54) is 0 Å². The number of amides is 1. The number of hydrogen-bond acceptors (Lipinski definition) is 7. The van der Waals surface area contributed by atoms with E-state index < -0.39 is 6.10 Å². The number of carbonyl (C=O) groups is 1. The molecule has 1 atom stereocenters. The van der Waals surface area contributed by atoms with Crippen molar-refractivity contribution in [1.29, 1.82) is 0 Å². The molecule has 1 aliphatic rings. The molecule has 0 aliphatic heterocycles. The summed E-state index contributed by atoms with van der Waals surface area (Å²) < 4.78 is 10.2. The molecule has 1 aliphatic carbocycles. The van der Waals surface area contributed by atoms with E-state index in [4.69, 9.17) is 9.05 Å². The smallest absolute Gasteiger partial charge is 0.273 e. The van der Waals surface area contributed by atoms with E-state index in [0.29, 0.717) is 24.4 Å². The molecule has 1 aromatic carbocycles. The lowest BCUT2D eigenvalue weighted by atomic mass is 9.79. The first-order valence-electron chi connectivity index (χ1n) is 8.44. The second-order valence-electron chi connectivity index (χ2n) is 6.45. The van der Waals surface area contributed by atoms with Gasteiger partial charge in [0.2, 0.25) is 0 Å². The van der Waals surface area contributed by atoms with Crippen molar-refractivity contribution in [2.45, 2.75) is 37.8 Å². The quantitative estimate of drug-likeness (QED) is 0.723. The highest BCUT2D eigenvalue weighted by molar-refractivity contribution is 5.93. The van der Waals surface area contributed by atoms with Crippen molar-refractivity contribution in [3.63, 3.8) is 0 Å². The van der Waals surface area contributed by atoms with Crippen LogP contribution in [0.2, 0.25) is 0 Å². The lowest BCUT2D eigenvalue weighted by Crippen LogP contribution is -2.43. The van der Waals surface area contributed by atoms with Crippen LogP contribution < -0.4 is 5.32 Å². The molecule has 1 saturated carbocycles. The third kappa shape index (κ3) is 3.23. The van der Waals surface area contributed by atoms with Gasteiger partial charge in [-0.15, -0.1) is 0 Å². The molecule has 2 N–H and O–H groups in total. The summed E-state index contributed by atoms with van der Waals surface area (Å²) in [4.78, 5) is 16.5. The summed E-state index contributed by atoms with van der Waals surface area (Å²) in [6, 6.07) is 11.2. The maximum absolute atomic E-state index is 12.3. The van der Waals surface area contributed by atoms with Gasteiger partial charge >= 0.3 is 0 Å². The van der Waals surface area contributed by atoms with Gasteiger partial charge < -0.3 is 19.5 Å². The summed E-state index contributed by atoms with van der Waals surface area (Å²) in [5.41, 5.74) is 1.12. The average molecular weight is 354 g/mol. The van der Waals surface area contributed by atoms with Crippen molar-refractivity contribution >= 4 is 5.91 Å². The zero-order valence-electron chi connectivity index (χ0n) is 14.1. The Balaban J connectivity index is 1.33. The number of aromatic nitrogens is 3. The molecular weight excluding hydrogens is 336 g/mol. The Morgan fingerprint density at radius 2 is 2.00 bits per heavy atom. The van der Waals surface area contributed by atoms with Crippen LogP contribution in [-0.2, 0) is 0 Å². The van der Waals surface area contributed by atoms with Crippen molar-refractivity contribution in [2.24, 2.45) is 0 Å². The molecule has 1 amide bonds. The normalized spacial score (nSPS) is 20.4. The Hall–Kier alpha value is -3.00. The third-order valence-corrected chi connectivity index (χ3v) is 4.45. The molecule has 134 valence electrons. The van der Waals surface area contributed by atoms with E-state index in [1.807, 2.05) is 30.3 Å². The highest BCUT2D eigenvalue weighted by atomic mass is 16.5. The van der Waals surface area contributed by atoms with Gasteiger partial charge in [0.25, 0.3) is 11.8 Å². The van der Waals surface area contributed by atoms with Crippen LogP contribution in [0, 0.1) is 0 Å². The van der Waals surface area contributed by atoms with Crippen LogP contribution >= 0.6 is 0 Å². The van der Waals surface area contributed by atoms with Crippen LogP contribution in [-0.4, -0.2) is 32.4 Å². The maximum Gasteiger partial charge on any atom is 0.273 e. The van der Waals surface area contributed by atoms with Crippen LogP contribution in [0.4, 0.5) is 0 Å². The van der Waals surface area contributed by atoms with Crippen LogP contribution in [0.5, 0.6) is 0 Å². The van der Waals surface area contributed by atoms with Gasteiger partial charge in [-0.3, -0.25) is 4.79 Å². The van der Waals surface area contributed by atoms with Crippen molar-refractivity contribution in [1.82, 2.24) is 20.6 Å². The first-order chi connectivity index (χ1) is 12.6. The minimum absolute atomic E-state index is 0.0258. The summed E-state index contributed by atoms with van der Waals surface area (Å²) in [5.74, 6) is 1.19. The van der Waals surface area contributed by atoms with E-state index in [0.717, 1.165) is 5.56 Å². The second-order valence-corrected chi connectivity index (χ2v) is 6.45. The summed E-state index contributed by atoms with van der Waals surface area (Å²) in [6.07, 6.45) is 0.653. The predicted molar refractivity (Wildman–Crippen MR) is 90.1 cm³/mol. The fourth-order valence-electron chi connectivity index (χ4n) is 2.91. The minimum Gasteiger partial charge on any atom is -0.384 e. The molecule has 2 heterocycles. The second kappa shape index (κ2) is 6.72. The van der Waals surface area contributed by atoms with Crippen molar-refractivity contribution in [2.75, 3.05) is 0 Å². The molecule has 0 saturated heterocycles. The molecule has 3 aromatic rings. The van der Waals surface area contributed by atoms with Crippen LogP contribution in [0.1, 0.15) is 54.0 Å². The number of carbonyl (C=O) groups excluding carboxylic acids is 1. The third-order valence-electron chi connectivity index (χ3n) is 4.45. The topological polar surface area (TPSA) is 114 Å². The van der Waals surface area contributed by atoms with Crippen LogP contribution in [0.3, 0.4) is 0 Å². The predicted octanol–water partition coefficient (Wildman–Crippen LogP) is 2.45. The average Bonchev–Trinajstić information content (AvgIpc) is 3.28. The first kappa shape index (κ1) is 16.5. The summed E-state index contributed by atoms with van der Waals surface area (Å²) in [6.45, 7) is 1.57. The molecule has 1 fully saturated rings. The maximum atomic E-state index is 12.3. The van der Waals surface area contributed by atoms with E-state index >= 15 is 0 Å². The van der Waals surface area contributed by atoms with E-state index in [-0.39, 0.29) is 29.5 Å². The Morgan fingerprint density at radius 3 is 2.69 bits per heavy atom. The van der Waals surface area contributed by atoms with Crippen LogP contribution in [0.15, 0.2) is 45.4 Å². The Kier molecular flexibility index (Phi) is 4.26. The van der Waals surface area contributed by atoms with E-state index in [2.05, 4.69) is 20.6 Å². The fourth-order valence-corrected chi connectivity index (χ4v) is 2.91. The first-order valence-corrected chi connectivity index (χ1v) is 8.44. The number of aliphatic hydroxyl groups excluding tert-OH is 1. The summed E-state index contributed by atoms with van der Waals surface area (Å²) >= 11 is 0. The highest BCUT2D eigenvalue weighted by Crippen LogP contribution is 2.35. The van der Waals surface area contributed by atoms with Gasteiger partial charge in [-0.1, -0.05) is 40.6 Å². The molecule has 4 rings (SSSR count). The van der Waals surface area contributed by atoms with Gasteiger partial charge in [0, 0.05) is 23.6 Å². The lowest BCUT2D eigenvalue weighted by molar-refractivity contribution is 0.0898. The van der Waals surface area contributed by atoms with E-state index in [1.54, 1.807) is 13.0 Å². The fraction of sp³-hybridized carbons (Fsp3) is 0.333. The monoisotopic (exact) mass is 354 g/mol. The number of benzene rings is 1. The molecular formula is C18H18N4O4. The summed E-state index contributed by atoms with van der Waals surface area (Å²) in [5, 5.41) is 20.1. The molecule has 0 spiro atoms.